The average molecular weight is 365 g/mol. The number of halogens is 1. The van der Waals surface area contributed by atoms with E-state index in [1.807, 2.05) is 0 Å². The second-order valence-corrected chi connectivity index (χ2v) is 7.82. The Kier molecular flexibility index (Phi) is 4.29. The number of amides is 2. The average Bonchev–Trinajstić information content (AvgIpc) is 2.51. The summed E-state index contributed by atoms with van der Waals surface area (Å²) in [6, 6.07) is 12.6. The smallest absolute Gasteiger partial charge is 0.243 e. The van der Waals surface area contributed by atoms with Crippen molar-refractivity contribution in [3.63, 3.8) is 0 Å². The standard InChI is InChI=1S/C16H13ClN2O4S/c17-10-4-3-5-11(8-10)18-15(20)9-14-16(21)19-12-6-1-2-7-13(12)24(14,22)23/h1-8,14H,9H2,(H,18,20)(H,19,21)/t14-/m0/s1. The van der Waals surface area contributed by atoms with Crippen LogP contribution in [0.2, 0.25) is 5.02 Å². The van der Waals surface area contributed by atoms with E-state index in [9.17, 15) is 18.0 Å². The summed E-state index contributed by atoms with van der Waals surface area (Å²) in [4.78, 5) is 24.3. The number of hydrogen-bond donors (Lipinski definition) is 2. The molecule has 0 radical (unpaired) electrons. The molecule has 0 saturated heterocycles. The van der Waals surface area contributed by atoms with Crippen molar-refractivity contribution in [3.8, 4) is 0 Å². The van der Waals surface area contributed by atoms with Crippen LogP contribution in [0.15, 0.2) is 53.4 Å². The summed E-state index contributed by atoms with van der Waals surface area (Å²) in [6.45, 7) is 0. The SMILES string of the molecule is O=C(C[C@H]1C(=O)Nc2ccccc2S1(=O)=O)Nc1cccc(Cl)c1. The molecule has 3 rings (SSSR count). The molecule has 1 aliphatic rings. The maximum absolute atomic E-state index is 12.6. The number of para-hydroxylation sites is 1. The van der Waals surface area contributed by atoms with Crippen molar-refractivity contribution in [2.24, 2.45) is 0 Å². The highest BCUT2D eigenvalue weighted by atomic mass is 35.5. The number of hydrogen-bond acceptors (Lipinski definition) is 4. The number of nitrogens with one attached hydrogen (secondary N) is 2. The van der Waals surface area contributed by atoms with Gasteiger partial charge in [0.15, 0.2) is 15.1 Å². The Hall–Kier alpha value is -2.38. The number of sulfone groups is 1. The van der Waals surface area contributed by atoms with Gasteiger partial charge in [0.1, 0.15) is 0 Å². The van der Waals surface area contributed by atoms with Crippen molar-refractivity contribution in [2.45, 2.75) is 16.6 Å². The number of benzene rings is 2. The van der Waals surface area contributed by atoms with Gasteiger partial charge in [-0.25, -0.2) is 8.42 Å². The Morgan fingerprint density at radius 1 is 1.17 bits per heavy atom. The van der Waals surface area contributed by atoms with E-state index in [1.54, 1.807) is 30.3 Å². The van der Waals surface area contributed by atoms with E-state index < -0.39 is 33.3 Å². The van der Waals surface area contributed by atoms with Crippen LogP contribution < -0.4 is 10.6 Å². The lowest BCUT2D eigenvalue weighted by molar-refractivity contribution is -0.121. The minimum absolute atomic E-state index is 0.0187. The molecule has 24 heavy (non-hydrogen) atoms. The normalized spacial score (nSPS) is 18.4. The van der Waals surface area contributed by atoms with Gasteiger partial charge in [0.05, 0.1) is 17.0 Å². The lowest BCUT2D eigenvalue weighted by Crippen LogP contribution is -2.42. The van der Waals surface area contributed by atoms with Gasteiger partial charge in [-0.3, -0.25) is 9.59 Å². The van der Waals surface area contributed by atoms with E-state index in [0.717, 1.165) is 0 Å². The van der Waals surface area contributed by atoms with Crippen molar-refractivity contribution in [2.75, 3.05) is 10.6 Å². The van der Waals surface area contributed by atoms with Crippen molar-refractivity contribution in [3.05, 3.63) is 53.6 Å². The summed E-state index contributed by atoms with van der Waals surface area (Å²) in [5, 5.41) is 4.04. The van der Waals surface area contributed by atoms with Gasteiger partial charge >= 0.3 is 0 Å². The topological polar surface area (TPSA) is 92.3 Å². The van der Waals surface area contributed by atoms with E-state index in [4.69, 9.17) is 11.6 Å². The van der Waals surface area contributed by atoms with Crippen LogP contribution in [0.25, 0.3) is 0 Å². The third-order valence-electron chi connectivity index (χ3n) is 3.60. The quantitative estimate of drug-likeness (QED) is 0.875. The third kappa shape index (κ3) is 3.13. The molecule has 1 aliphatic heterocycles. The first kappa shape index (κ1) is 16.5. The predicted octanol–water partition coefficient (Wildman–Crippen LogP) is 2.46. The zero-order valence-electron chi connectivity index (χ0n) is 12.3. The first-order chi connectivity index (χ1) is 11.4. The summed E-state index contributed by atoms with van der Waals surface area (Å²) in [6.07, 6.45) is -0.477. The Balaban J connectivity index is 1.82. The largest absolute Gasteiger partial charge is 0.326 e. The summed E-state index contributed by atoms with van der Waals surface area (Å²) in [5.41, 5.74) is 0.663. The molecule has 0 unspecified atom stereocenters. The number of anilines is 2. The second-order valence-electron chi connectivity index (χ2n) is 5.28. The van der Waals surface area contributed by atoms with E-state index in [0.29, 0.717) is 10.7 Å². The summed E-state index contributed by atoms with van der Waals surface area (Å²) < 4.78 is 25.2. The molecule has 8 heteroatoms. The highest BCUT2D eigenvalue weighted by Gasteiger charge is 2.41. The van der Waals surface area contributed by atoms with Gasteiger partial charge in [-0.15, -0.1) is 0 Å². The van der Waals surface area contributed by atoms with E-state index >= 15 is 0 Å². The Morgan fingerprint density at radius 2 is 1.92 bits per heavy atom. The molecule has 2 aromatic rings. The number of rotatable bonds is 3. The van der Waals surface area contributed by atoms with Crippen molar-refractivity contribution in [1.29, 1.82) is 0 Å². The van der Waals surface area contributed by atoms with Gasteiger partial charge in [0, 0.05) is 10.7 Å². The maximum Gasteiger partial charge on any atom is 0.243 e. The monoisotopic (exact) mass is 364 g/mol. The van der Waals surface area contributed by atoms with Crippen LogP contribution in [-0.4, -0.2) is 25.5 Å². The molecule has 0 bridgehead atoms. The predicted molar refractivity (Wildman–Crippen MR) is 90.7 cm³/mol. The molecule has 0 spiro atoms. The molecule has 1 atom stereocenters. The first-order valence-electron chi connectivity index (χ1n) is 7.07. The number of fused-ring (bicyclic) bond motifs is 1. The molecule has 124 valence electrons. The lowest BCUT2D eigenvalue weighted by atomic mass is 10.2. The molecule has 2 N–H and O–H groups in total. The lowest BCUT2D eigenvalue weighted by Gasteiger charge is -2.24. The molecular weight excluding hydrogens is 352 g/mol. The van der Waals surface area contributed by atoms with Gasteiger partial charge in [0.25, 0.3) is 0 Å². The van der Waals surface area contributed by atoms with Crippen LogP contribution in [0, 0.1) is 0 Å². The van der Waals surface area contributed by atoms with Crippen LogP contribution in [-0.2, 0) is 19.4 Å². The van der Waals surface area contributed by atoms with Crippen LogP contribution in [0.4, 0.5) is 11.4 Å². The fraction of sp³-hybridized carbons (Fsp3) is 0.125. The molecule has 2 aromatic carbocycles. The fourth-order valence-corrected chi connectivity index (χ4v) is 4.38. The minimum atomic E-state index is -3.93. The summed E-state index contributed by atoms with van der Waals surface area (Å²) in [7, 11) is -3.93. The van der Waals surface area contributed by atoms with E-state index in [2.05, 4.69) is 10.6 Å². The van der Waals surface area contributed by atoms with Crippen LogP contribution >= 0.6 is 11.6 Å². The van der Waals surface area contributed by atoms with Gasteiger partial charge in [-0.05, 0) is 30.3 Å². The highest BCUT2D eigenvalue weighted by Crippen LogP contribution is 2.31. The highest BCUT2D eigenvalue weighted by molar-refractivity contribution is 7.93. The number of carbonyl (C=O) groups is 2. The van der Waals surface area contributed by atoms with Crippen molar-refractivity contribution >= 4 is 44.6 Å². The number of carbonyl (C=O) groups excluding carboxylic acids is 2. The van der Waals surface area contributed by atoms with Gasteiger partial charge in [0.2, 0.25) is 11.8 Å². The van der Waals surface area contributed by atoms with Gasteiger partial charge in [-0.1, -0.05) is 29.8 Å². The van der Waals surface area contributed by atoms with Crippen LogP contribution in [0.1, 0.15) is 6.42 Å². The molecule has 1 heterocycles. The zero-order valence-corrected chi connectivity index (χ0v) is 13.9. The van der Waals surface area contributed by atoms with E-state index in [1.165, 1.54) is 18.2 Å². The molecule has 2 amide bonds. The maximum atomic E-state index is 12.6. The van der Waals surface area contributed by atoms with Gasteiger partial charge in [-0.2, -0.15) is 0 Å². The van der Waals surface area contributed by atoms with Crippen LogP contribution in [0.3, 0.4) is 0 Å². The molecule has 0 aromatic heterocycles. The summed E-state index contributed by atoms with van der Waals surface area (Å²) >= 11 is 5.83. The fourth-order valence-electron chi connectivity index (χ4n) is 2.47. The molecule has 0 aliphatic carbocycles. The zero-order chi connectivity index (χ0) is 17.3. The van der Waals surface area contributed by atoms with Crippen molar-refractivity contribution in [1.82, 2.24) is 0 Å². The molecule has 0 fully saturated rings. The third-order valence-corrected chi connectivity index (χ3v) is 5.93. The van der Waals surface area contributed by atoms with E-state index in [-0.39, 0.29) is 10.6 Å². The first-order valence-corrected chi connectivity index (χ1v) is 8.99. The molecule has 0 saturated carbocycles. The molecular formula is C16H13ClN2O4S. The Morgan fingerprint density at radius 3 is 2.67 bits per heavy atom. The second kappa shape index (κ2) is 6.26. The Labute approximate surface area is 143 Å². The van der Waals surface area contributed by atoms with Gasteiger partial charge < -0.3 is 10.6 Å². The Bertz CT molecular complexity index is 927. The molecule has 6 nitrogen and oxygen atoms in total. The van der Waals surface area contributed by atoms with Crippen LogP contribution in [0.5, 0.6) is 0 Å². The summed E-state index contributed by atoms with van der Waals surface area (Å²) in [5.74, 6) is -1.30. The van der Waals surface area contributed by atoms with Crippen molar-refractivity contribution < 1.29 is 18.0 Å². The minimum Gasteiger partial charge on any atom is -0.326 e.